The normalized spacial score (nSPS) is 11.0. The van der Waals surface area contributed by atoms with Crippen LogP contribution in [0.3, 0.4) is 0 Å². The molecule has 0 atom stereocenters. The van der Waals surface area contributed by atoms with Crippen LogP contribution in [0.1, 0.15) is 15.9 Å². The van der Waals surface area contributed by atoms with Gasteiger partial charge >= 0.3 is 0 Å². The smallest absolute Gasteiger partial charge is 0.251 e. The van der Waals surface area contributed by atoms with E-state index in [4.69, 9.17) is 4.42 Å². The number of hydrogen-bond acceptors (Lipinski definition) is 2. The lowest BCUT2D eigenvalue weighted by Gasteiger charge is -2.05. The van der Waals surface area contributed by atoms with Crippen LogP contribution < -0.4 is 5.32 Å². The molecule has 112 valence electrons. The first-order valence-corrected chi connectivity index (χ1v) is 7.55. The molecule has 0 fully saturated rings. The van der Waals surface area contributed by atoms with Gasteiger partial charge in [-0.1, -0.05) is 48.5 Å². The maximum absolute atomic E-state index is 12.4. The van der Waals surface area contributed by atoms with E-state index in [1.807, 2.05) is 66.7 Å². The minimum atomic E-state index is -0.0824. The molecule has 1 aromatic heterocycles. The Labute approximate surface area is 133 Å². The summed E-state index contributed by atoms with van der Waals surface area (Å²) < 4.78 is 5.78. The maximum atomic E-state index is 12.4. The van der Waals surface area contributed by atoms with Gasteiger partial charge in [0.1, 0.15) is 11.2 Å². The number of nitrogens with one attached hydrogen (secondary N) is 1. The summed E-state index contributed by atoms with van der Waals surface area (Å²) in [6.45, 7) is 0.518. The molecule has 23 heavy (non-hydrogen) atoms. The van der Waals surface area contributed by atoms with Gasteiger partial charge in [-0.3, -0.25) is 4.79 Å². The summed E-state index contributed by atoms with van der Waals surface area (Å²) >= 11 is 0. The van der Waals surface area contributed by atoms with Gasteiger partial charge in [0.25, 0.3) is 5.91 Å². The van der Waals surface area contributed by atoms with Crippen LogP contribution in [0.25, 0.3) is 21.9 Å². The van der Waals surface area contributed by atoms with Crippen molar-refractivity contribution in [3.63, 3.8) is 0 Å². The van der Waals surface area contributed by atoms with Crippen LogP contribution in [0.2, 0.25) is 0 Å². The Morgan fingerprint density at radius 3 is 2.43 bits per heavy atom. The number of furan rings is 1. The average Bonchev–Trinajstić information content (AvgIpc) is 2.98. The summed E-state index contributed by atoms with van der Waals surface area (Å²) in [6.07, 6.45) is 0. The number of rotatable bonds is 3. The first-order valence-electron chi connectivity index (χ1n) is 7.55. The van der Waals surface area contributed by atoms with Crippen molar-refractivity contribution in [2.45, 2.75) is 6.54 Å². The molecular formula is C20H15NO2. The number of fused-ring (bicyclic) bond motifs is 3. The summed E-state index contributed by atoms with van der Waals surface area (Å²) in [6, 6.07) is 23.3. The molecule has 1 amide bonds. The minimum Gasteiger partial charge on any atom is -0.456 e. The quantitative estimate of drug-likeness (QED) is 0.604. The highest BCUT2D eigenvalue weighted by Gasteiger charge is 2.10. The second kappa shape index (κ2) is 5.61. The highest BCUT2D eigenvalue weighted by Crippen LogP contribution is 2.29. The highest BCUT2D eigenvalue weighted by molar-refractivity contribution is 6.08. The van der Waals surface area contributed by atoms with Crippen LogP contribution in [0.5, 0.6) is 0 Å². The monoisotopic (exact) mass is 301 g/mol. The lowest BCUT2D eigenvalue weighted by molar-refractivity contribution is 0.0951. The Kier molecular flexibility index (Phi) is 3.31. The largest absolute Gasteiger partial charge is 0.456 e. The molecule has 0 bridgehead atoms. The van der Waals surface area contributed by atoms with Gasteiger partial charge in [-0.2, -0.15) is 0 Å². The predicted octanol–water partition coefficient (Wildman–Crippen LogP) is 4.52. The second-order valence-electron chi connectivity index (χ2n) is 5.48. The first kappa shape index (κ1) is 13.6. The van der Waals surface area contributed by atoms with E-state index in [2.05, 4.69) is 5.32 Å². The summed E-state index contributed by atoms with van der Waals surface area (Å²) in [5.41, 5.74) is 3.35. The van der Waals surface area contributed by atoms with Crippen LogP contribution in [0, 0.1) is 0 Å². The number of carbonyl (C=O) groups excluding carboxylic acids is 1. The minimum absolute atomic E-state index is 0.0824. The molecule has 0 aliphatic carbocycles. The van der Waals surface area contributed by atoms with E-state index in [0.717, 1.165) is 27.5 Å². The van der Waals surface area contributed by atoms with E-state index in [1.54, 1.807) is 6.07 Å². The maximum Gasteiger partial charge on any atom is 0.251 e. The molecule has 0 saturated heterocycles. The Morgan fingerprint density at radius 1 is 0.826 bits per heavy atom. The van der Waals surface area contributed by atoms with Gasteiger partial charge in [0.2, 0.25) is 0 Å². The third-order valence-electron chi connectivity index (χ3n) is 3.93. The van der Waals surface area contributed by atoms with Gasteiger partial charge in [-0.05, 0) is 29.8 Å². The van der Waals surface area contributed by atoms with Crippen LogP contribution in [0.4, 0.5) is 0 Å². The standard InChI is InChI=1S/C20H15NO2/c22-20(21-13-14-6-2-1-3-7-14)15-10-11-19-17(12-15)16-8-4-5-9-18(16)23-19/h1-12H,13H2,(H,21,22). The lowest BCUT2D eigenvalue weighted by atomic mass is 10.1. The Hall–Kier alpha value is -3.07. The van der Waals surface area contributed by atoms with Crippen molar-refractivity contribution in [1.29, 1.82) is 0 Å². The van der Waals surface area contributed by atoms with Gasteiger partial charge in [0.05, 0.1) is 0 Å². The van der Waals surface area contributed by atoms with Crippen LogP contribution in [-0.2, 0) is 6.54 Å². The third-order valence-corrected chi connectivity index (χ3v) is 3.93. The molecule has 0 saturated carbocycles. The summed E-state index contributed by atoms with van der Waals surface area (Å²) in [7, 11) is 0. The molecule has 1 heterocycles. The van der Waals surface area contributed by atoms with Crippen molar-refractivity contribution in [2.75, 3.05) is 0 Å². The molecule has 4 aromatic rings. The van der Waals surface area contributed by atoms with E-state index in [1.165, 1.54) is 0 Å². The van der Waals surface area contributed by atoms with Gasteiger partial charge in [0, 0.05) is 22.9 Å². The van der Waals surface area contributed by atoms with E-state index in [-0.39, 0.29) is 5.91 Å². The van der Waals surface area contributed by atoms with Crippen LogP contribution >= 0.6 is 0 Å². The molecule has 0 unspecified atom stereocenters. The molecule has 0 aliphatic rings. The van der Waals surface area contributed by atoms with Crippen LogP contribution in [0.15, 0.2) is 77.2 Å². The van der Waals surface area contributed by atoms with E-state index < -0.39 is 0 Å². The number of hydrogen-bond donors (Lipinski definition) is 1. The highest BCUT2D eigenvalue weighted by atomic mass is 16.3. The Balaban J connectivity index is 1.63. The molecular weight excluding hydrogens is 286 g/mol. The molecule has 3 nitrogen and oxygen atoms in total. The molecule has 0 radical (unpaired) electrons. The average molecular weight is 301 g/mol. The van der Waals surface area contributed by atoms with E-state index in [0.29, 0.717) is 12.1 Å². The topological polar surface area (TPSA) is 42.2 Å². The number of benzene rings is 3. The van der Waals surface area contributed by atoms with Gasteiger partial charge in [-0.15, -0.1) is 0 Å². The zero-order valence-electron chi connectivity index (χ0n) is 12.5. The Morgan fingerprint density at radius 2 is 1.57 bits per heavy atom. The number of para-hydroxylation sites is 1. The van der Waals surface area contributed by atoms with Crippen molar-refractivity contribution in [1.82, 2.24) is 5.32 Å². The molecule has 1 N–H and O–H groups in total. The number of amides is 1. The summed E-state index contributed by atoms with van der Waals surface area (Å²) in [4.78, 5) is 12.4. The zero-order valence-corrected chi connectivity index (χ0v) is 12.5. The summed E-state index contributed by atoms with van der Waals surface area (Å²) in [5, 5.41) is 4.94. The van der Waals surface area contributed by atoms with Crippen molar-refractivity contribution < 1.29 is 9.21 Å². The predicted molar refractivity (Wildman–Crippen MR) is 91.3 cm³/mol. The van der Waals surface area contributed by atoms with Gasteiger partial charge < -0.3 is 9.73 Å². The van der Waals surface area contributed by atoms with Crippen molar-refractivity contribution in [2.24, 2.45) is 0 Å². The Bertz CT molecular complexity index is 986. The fourth-order valence-corrected chi connectivity index (χ4v) is 2.75. The molecule has 0 spiro atoms. The second-order valence-corrected chi connectivity index (χ2v) is 5.48. The molecule has 4 rings (SSSR count). The van der Waals surface area contributed by atoms with Crippen molar-refractivity contribution in [3.8, 4) is 0 Å². The zero-order chi connectivity index (χ0) is 15.6. The molecule has 3 heteroatoms. The molecule has 0 aliphatic heterocycles. The fraction of sp³-hybridized carbons (Fsp3) is 0.0500. The van der Waals surface area contributed by atoms with Gasteiger partial charge in [-0.25, -0.2) is 0 Å². The number of carbonyl (C=O) groups is 1. The van der Waals surface area contributed by atoms with Crippen molar-refractivity contribution >= 4 is 27.8 Å². The van der Waals surface area contributed by atoms with E-state index >= 15 is 0 Å². The molecule has 3 aromatic carbocycles. The van der Waals surface area contributed by atoms with Crippen molar-refractivity contribution in [3.05, 3.63) is 83.9 Å². The first-order chi connectivity index (χ1) is 11.3. The van der Waals surface area contributed by atoms with Gasteiger partial charge in [0.15, 0.2) is 0 Å². The lowest BCUT2D eigenvalue weighted by Crippen LogP contribution is -2.22. The summed E-state index contributed by atoms with van der Waals surface area (Å²) in [5.74, 6) is -0.0824. The SMILES string of the molecule is O=C(NCc1ccccc1)c1ccc2oc3ccccc3c2c1. The van der Waals surface area contributed by atoms with E-state index in [9.17, 15) is 4.79 Å². The third kappa shape index (κ3) is 2.57. The van der Waals surface area contributed by atoms with Crippen LogP contribution in [-0.4, -0.2) is 5.91 Å². The fourth-order valence-electron chi connectivity index (χ4n) is 2.75.